The molecular weight excluding hydrogens is 352 g/mol. The van der Waals surface area contributed by atoms with Gasteiger partial charge < -0.3 is 14.0 Å². The summed E-state index contributed by atoms with van der Waals surface area (Å²) in [5.41, 5.74) is 2.64. The number of aromatic nitrogens is 2. The Hall–Kier alpha value is -3.08. The van der Waals surface area contributed by atoms with Gasteiger partial charge >= 0.3 is 5.97 Å². The molecule has 1 heterocycles. The topological polar surface area (TPSA) is 53.3 Å². The highest BCUT2D eigenvalue weighted by Gasteiger charge is 2.18. The molecule has 0 N–H and O–H groups in total. The van der Waals surface area contributed by atoms with Gasteiger partial charge in [0.2, 0.25) is 0 Å². The number of esters is 1. The normalized spacial score (nSPS) is 12.0. The minimum atomic E-state index is -0.346. The van der Waals surface area contributed by atoms with E-state index in [1.54, 1.807) is 12.5 Å². The quantitative estimate of drug-likeness (QED) is 0.524. The van der Waals surface area contributed by atoms with Crippen LogP contribution in [0.2, 0.25) is 0 Å². The summed E-state index contributed by atoms with van der Waals surface area (Å²) in [5, 5.41) is 0. The summed E-state index contributed by atoms with van der Waals surface area (Å²) in [6.45, 7) is 6.97. The van der Waals surface area contributed by atoms with Crippen LogP contribution in [0.15, 0.2) is 67.1 Å². The van der Waals surface area contributed by atoms with E-state index in [9.17, 15) is 4.79 Å². The molecule has 28 heavy (non-hydrogen) atoms. The number of carbonyl (C=O) groups excluding carboxylic acids is 1. The van der Waals surface area contributed by atoms with Crippen molar-refractivity contribution in [1.82, 2.24) is 9.55 Å². The molecule has 0 aliphatic carbocycles. The third kappa shape index (κ3) is 5.00. The predicted octanol–water partition coefficient (Wildman–Crippen LogP) is 4.88. The fourth-order valence-corrected chi connectivity index (χ4v) is 2.83. The summed E-state index contributed by atoms with van der Waals surface area (Å²) in [6.07, 6.45) is 3.22. The molecule has 0 fully saturated rings. The molecule has 0 aliphatic rings. The largest absolute Gasteiger partial charge is 0.489 e. The van der Waals surface area contributed by atoms with Gasteiger partial charge in [-0.2, -0.15) is 0 Å². The molecule has 2 aromatic carbocycles. The molecule has 0 amide bonds. The molecule has 0 bridgehead atoms. The zero-order valence-electron chi connectivity index (χ0n) is 16.5. The minimum Gasteiger partial charge on any atom is -0.489 e. The van der Waals surface area contributed by atoms with Crippen molar-refractivity contribution in [2.75, 3.05) is 6.61 Å². The predicted molar refractivity (Wildman–Crippen MR) is 108 cm³/mol. The first-order chi connectivity index (χ1) is 13.5. The summed E-state index contributed by atoms with van der Waals surface area (Å²) in [4.78, 5) is 16.5. The Morgan fingerprint density at radius 3 is 2.43 bits per heavy atom. The van der Waals surface area contributed by atoms with Gasteiger partial charge in [-0.15, -0.1) is 0 Å². The van der Waals surface area contributed by atoms with Gasteiger partial charge in [-0.05, 0) is 36.1 Å². The van der Waals surface area contributed by atoms with E-state index >= 15 is 0 Å². The van der Waals surface area contributed by atoms with Gasteiger partial charge in [0, 0.05) is 0 Å². The molecule has 5 nitrogen and oxygen atoms in total. The van der Waals surface area contributed by atoms with Crippen LogP contribution in [0.5, 0.6) is 5.75 Å². The Morgan fingerprint density at radius 1 is 1.04 bits per heavy atom. The van der Waals surface area contributed by atoms with Crippen molar-refractivity contribution < 1.29 is 14.3 Å². The van der Waals surface area contributed by atoms with Crippen molar-refractivity contribution in [3.63, 3.8) is 0 Å². The van der Waals surface area contributed by atoms with Crippen molar-refractivity contribution in [1.29, 1.82) is 0 Å². The smallest absolute Gasteiger partial charge is 0.356 e. The van der Waals surface area contributed by atoms with Crippen LogP contribution in [0.3, 0.4) is 0 Å². The van der Waals surface area contributed by atoms with E-state index < -0.39 is 0 Å². The van der Waals surface area contributed by atoms with E-state index in [1.807, 2.05) is 79.9 Å². The molecule has 0 saturated heterocycles. The SMILES string of the molecule is CC(C)COC(=O)c1cncn1C(C)c1ccc(OCc2ccccc2)cc1. The molecule has 0 saturated carbocycles. The number of benzene rings is 2. The molecule has 0 aliphatic heterocycles. The zero-order valence-corrected chi connectivity index (χ0v) is 16.5. The third-order valence-corrected chi connectivity index (χ3v) is 4.45. The van der Waals surface area contributed by atoms with E-state index in [0.717, 1.165) is 16.9 Å². The van der Waals surface area contributed by atoms with Gasteiger partial charge in [-0.1, -0.05) is 56.3 Å². The van der Waals surface area contributed by atoms with Crippen LogP contribution in [0.25, 0.3) is 0 Å². The highest BCUT2D eigenvalue weighted by Crippen LogP contribution is 2.23. The van der Waals surface area contributed by atoms with Gasteiger partial charge in [0.1, 0.15) is 18.1 Å². The van der Waals surface area contributed by atoms with Crippen molar-refractivity contribution in [3.05, 3.63) is 83.9 Å². The number of nitrogens with zero attached hydrogens (tertiary/aromatic N) is 2. The van der Waals surface area contributed by atoms with Gasteiger partial charge in [-0.3, -0.25) is 0 Å². The Kier molecular flexibility index (Phi) is 6.48. The first-order valence-corrected chi connectivity index (χ1v) is 9.50. The van der Waals surface area contributed by atoms with Gasteiger partial charge in [-0.25, -0.2) is 9.78 Å². The summed E-state index contributed by atoms with van der Waals surface area (Å²) in [5.74, 6) is 0.754. The molecule has 3 aromatic rings. The molecule has 0 spiro atoms. The van der Waals surface area contributed by atoms with E-state index in [-0.39, 0.29) is 12.0 Å². The molecule has 1 unspecified atom stereocenters. The second kappa shape index (κ2) is 9.22. The number of ether oxygens (including phenoxy) is 2. The average molecular weight is 378 g/mol. The van der Waals surface area contributed by atoms with E-state index in [0.29, 0.717) is 24.8 Å². The summed E-state index contributed by atoms with van der Waals surface area (Å²) >= 11 is 0. The Labute approximate surface area is 165 Å². The Balaban J connectivity index is 1.66. The molecular formula is C23H26N2O3. The highest BCUT2D eigenvalue weighted by atomic mass is 16.5. The monoisotopic (exact) mass is 378 g/mol. The zero-order chi connectivity index (χ0) is 19.9. The lowest BCUT2D eigenvalue weighted by Crippen LogP contribution is -2.17. The van der Waals surface area contributed by atoms with Crippen LogP contribution in [-0.4, -0.2) is 22.1 Å². The van der Waals surface area contributed by atoms with E-state index in [4.69, 9.17) is 9.47 Å². The van der Waals surface area contributed by atoms with Crippen LogP contribution in [0.1, 0.15) is 48.4 Å². The summed E-state index contributed by atoms with van der Waals surface area (Å²) in [6, 6.07) is 17.9. The second-order valence-corrected chi connectivity index (χ2v) is 7.20. The van der Waals surface area contributed by atoms with Crippen LogP contribution in [0.4, 0.5) is 0 Å². The van der Waals surface area contributed by atoms with Crippen LogP contribution < -0.4 is 4.74 Å². The van der Waals surface area contributed by atoms with Crippen molar-refractivity contribution in [2.45, 2.75) is 33.4 Å². The summed E-state index contributed by atoms with van der Waals surface area (Å²) < 4.78 is 13.0. The average Bonchev–Trinajstić information content (AvgIpc) is 3.21. The third-order valence-electron chi connectivity index (χ3n) is 4.45. The van der Waals surface area contributed by atoms with E-state index in [2.05, 4.69) is 4.98 Å². The maximum atomic E-state index is 12.3. The fourth-order valence-electron chi connectivity index (χ4n) is 2.83. The standard InChI is InChI=1S/C23H26N2O3/c1-17(2)14-28-23(26)22-13-24-16-25(22)18(3)20-9-11-21(12-10-20)27-15-19-7-5-4-6-8-19/h4-13,16-18H,14-15H2,1-3H3. The highest BCUT2D eigenvalue weighted by molar-refractivity contribution is 5.87. The minimum absolute atomic E-state index is 0.0488. The Morgan fingerprint density at radius 2 is 1.75 bits per heavy atom. The summed E-state index contributed by atoms with van der Waals surface area (Å²) in [7, 11) is 0. The molecule has 3 rings (SSSR count). The number of carbonyl (C=O) groups is 1. The van der Waals surface area contributed by atoms with Crippen molar-refractivity contribution in [2.24, 2.45) is 5.92 Å². The van der Waals surface area contributed by atoms with Crippen LogP contribution >= 0.6 is 0 Å². The number of rotatable bonds is 8. The molecule has 0 radical (unpaired) electrons. The first-order valence-electron chi connectivity index (χ1n) is 9.50. The van der Waals surface area contributed by atoms with Gasteiger partial charge in [0.15, 0.2) is 0 Å². The lowest BCUT2D eigenvalue weighted by Gasteiger charge is -2.17. The van der Waals surface area contributed by atoms with Crippen LogP contribution in [0, 0.1) is 5.92 Å². The number of imidazole rings is 1. The molecule has 146 valence electrons. The fraction of sp³-hybridized carbons (Fsp3) is 0.304. The van der Waals surface area contributed by atoms with Gasteiger partial charge in [0.05, 0.1) is 25.2 Å². The Bertz CT molecular complexity index is 886. The number of hydrogen-bond acceptors (Lipinski definition) is 4. The maximum absolute atomic E-state index is 12.3. The number of hydrogen-bond donors (Lipinski definition) is 0. The second-order valence-electron chi connectivity index (χ2n) is 7.20. The molecule has 1 atom stereocenters. The van der Waals surface area contributed by atoms with Crippen molar-refractivity contribution >= 4 is 5.97 Å². The lowest BCUT2D eigenvalue weighted by molar-refractivity contribution is 0.0445. The lowest BCUT2D eigenvalue weighted by atomic mass is 10.1. The first kappa shape index (κ1) is 19.7. The van der Waals surface area contributed by atoms with Gasteiger partial charge in [0.25, 0.3) is 0 Å². The van der Waals surface area contributed by atoms with E-state index in [1.165, 1.54) is 0 Å². The van der Waals surface area contributed by atoms with Crippen molar-refractivity contribution in [3.8, 4) is 5.75 Å². The molecule has 1 aromatic heterocycles. The van der Waals surface area contributed by atoms with Crippen LogP contribution in [-0.2, 0) is 11.3 Å². The maximum Gasteiger partial charge on any atom is 0.356 e. The molecule has 5 heteroatoms.